The van der Waals surface area contributed by atoms with Gasteiger partial charge < -0.3 is 19.8 Å². The van der Waals surface area contributed by atoms with E-state index < -0.39 is 0 Å². The number of amides is 1. The van der Waals surface area contributed by atoms with Crippen LogP contribution in [0.4, 0.5) is 0 Å². The van der Waals surface area contributed by atoms with E-state index in [2.05, 4.69) is 32.3 Å². The Morgan fingerprint density at radius 2 is 2.04 bits per heavy atom. The first-order valence-corrected chi connectivity index (χ1v) is 9.14. The predicted octanol–water partition coefficient (Wildman–Crippen LogP) is -1.23. The molecule has 9 heteroatoms. The van der Waals surface area contributed by atoms with Crippen molar-refractivity contribution < 1.29 is 9.90 Å². The number of tetrazole rings is 1. The Bertz CT molecular complexity index is 539. The summed E-state index contributed by atoms with van der Waals surface area (Å²) in [6.07, 6.45) is 3.50. The van der Waals surface area contributed by atoms with Crippen molar-refractivity contribution in [2.45, 2.75) is 19.4 Å². The number of aliphatic hydroxyl groups excluding tert-OH is 1. The van der Waals surface area contributed by atoms with Gasteiger partial charge in [-0.2, -0.15) is 4.80 Å². The number of piperidine rings is 1. The first kappa shape index (κ1) is 18.2. The first-order chi connectivity index (χ1) is 12.1. The third-order valence-corrected chi connectivity index (χ3v) is 5.23. The van der Waals surface area contributed by atoms with E-state index in [4.69, 9.17) is 0 Å². The second-order valence-electron chi connectivity index (χ2n) is 7.37. The van der Waals surface area contributed by atoms with Gasteiger partial charge in [-0.15, -0.1) is 10.2 Å². The fraction of sp³-hybridized carbons (Fsp3) is 0.875. The molecule has 9 nitrogen and oxygen atoms in total. The lowest BCUT2D eigenvalue weighted by Gasteiger charge is -2.39. The zero-order valence-electron chi connectivity index (χ0n) is 15.0. The Balaban J connectivity index is 1.57. The number of carbonyl (C=O) groups excluding carboxylic acids is 1. The van der Waals surface area contributed by atoms with Gasteiger partial charge in [-0.3, -0.25) is 4.79 Å². The third kappa shape index (κ3) is 5.20. The Hall–Kier alpha value is -1.58. The summed E-state index contributed by atoms with van der Waals surface area (Å²) in [6, 6.07) is 0. The van der Waals surface area contributed by atoms with Crippen molar-refractivity contribution >= 4 is 5.91 Å². The number of likely N-dealkylation sites (tertiary alicyclic amines) is 1. The van der Waals surface area contributed by atoms with Gasteiger partial charge in [0.25, 0.3) is 0 Å². The Morgan fingerprint density at radius 3 is 2.80 bits per heavy atom. The molecule has 0 aromatic carbocycles. The summed E-state index contributed by atoms with van der Waals surface area (Å²) in [5.74, 6) is 0.555. The maximum Gasteiger partial charge on any atom is 0.246 e. The molecule has 2 fully saturated rings. The van der Waals surface area contributed by atoms with Gasteiger partial charge >= 0.3 is 0 Å². The molecule has 1 N–H and O–H groups in total. The summed E-state index contributed by atoms with van der Waals surface area (Å²) in [4.78, 5) is 20.6. The summed E-state index contributed by atoms with van der Waals surface area (Å²) in [6.45, 7) is 7.03. The lowest BCUT2D eigenvalue weighted by molar-refractivity contribution is -0.135. The van der Waals surface area contributed by atoms with Gasteiger partial charge in [0.2, 0.25) is 5.91 Å². The molecular formula is C16H29N7O2. The Labute approximate surface area is 148 Å². The van der Waals surface area contributed by atoms with Crippen LogP contribution in [-0.2, 0) is 11.3 Å². The highest BCUT2D eigenvalue weighted by atomic mass is 16.3. The molecule has 0 radical (unpaired) electrons. The van der Waals surface area contributed by atoms with Crippen LogP contribution in [0, 0.1) is 11.8 Å². The molecule has 0 aliphatic carbocycles. The van der Waals surface area contributed by atoms with Crippen LogP contribution in [0.15, 0.2) is 6.33 Å². The molecule has 0 saturated carbocycles. The van der Waals surface area contributed by atoms with E-state index in [1.165, 1.54) is 17.5 Å². The van der Waals surface area contributed by atoms with Crippen LogP contribution in [0.2, 0.25) is 0 Å². The lowest BCUT2D eigenvalue weighted by atomic mass is 9.89. The minimum absolute atomic E-state index is 0.00301. The molecule has 1 aromatic heterocycles. The highest BCUT2D eigenvalue weighted by molar-refractivity contribution is 5.75. The van der Waals surface area contributed by atoms with Gasteiger partial charge in [-0.1, -0.05) is 0 Å². The molecule has 3 heterocycles. The van der Waals surface area contributed by atoms with Gasteiger partial charge in [0.15, 0.2) is 6.33 Å². The van der Waals surface area contributed by atoms with Crippen molar-refractivity contribution in [1.29, 1.82) is 0 Å². The van der Waals surface area contributed by atoms with Crippen LogP contribution in [-0.4, -0.2) is 105 Å². The standard InChI is InChI=1S/C16H29N7O2/c1-20-3-2-4-21(6-5-20)8-14-7-15(12-24)10-22(9-14)16(25)11-23-18-13-17-19-23/h13-15,24H,2-12H2,1H3/t14-,15+/m1/s1. The number of carbonyl (C=O) groups is 1. The Morgan fingerprint density at radius 1 is 1.20 bits per heavy atom. The molecule has 0 bridgehead atoms. The van der Waals surface area contributed by atoms with Crippen molar-refractivity contribution in [3.05, 3.63) is 6.33 Å². The average molecular weight is 351 g/mol. The maximum absolute atomic E-state index is 12.6. The average Bonchev–Trinajstić information content (AvgIpc) is 3.03. The topological polar surface area (TPSA) is 90.6 Å². The molecule has 1 aromatic rings. The number of aromatic nitrogens is 4. The molecule has 0 unspecified atom stereocenters. The second-order valence-corrected chi connectivity index (χ2v) is 7.37. The number of aliphatic hydroxyl groups is 1. The molecule has 0 spiro atoms. The summed E-state index contributed by atoms with van der Waals surface area (Å²) in [7, 11) is 2.17. The summed E-state index contributed by atoms with van der Waals surface area (Å²) in [5.41, 5.74) is 0. The number of hydrogen-bond donors (Lipinski definition) is 1. The van der Waals surface area contributed by atoms with E-state index in [-0.39, 0.29) is 25.0 Å². The van der Waals surface area contributed by atoms with Crippen molar-refractivity contribution in [2.24, 2.45) is 11.8 Å². The molecule has 2 atom stereocenters. The van der Waals surface area contributed by atoms with E-state index in [0.29, 0.717) is 12.5 Å². The van der Waals surface area contributed by atoms with Crippen LogP contribution in [0.5, 0.6) is 0 Å². The van der Waals surface area contributed by atoms with E-state index in [1.54, 1.807) is 0 Å². The second kappa shape index (κ2) is 8.68. The number of hydrogen-bond acceptors (Lipinski definition) is 7. The quantitative estimate of drug-likeness (QED) is 0.710. The number of likely N-dealkylation sites (N-methyl/N-ethyl adjacent to an activating group) is 1. The van der Waals surface area contributed by atoms with E-state index >= 15 is 0 Å². The van der Waals surface area contributed by atoms with Gasteiger partial charge in [0.05, 0.1) is 0 Å². The number of nitrogens with zero attached hydrogens (tertiary/aromatic N) is 7. The lowest BCUT2D eigenvalue weighted by Crippen LogP contribution is -2.49. The van der Waals surface area contributed by atoms with E-state index in [1.807, 2.05) is 4.90 Å². The molecular weight excluding hydrogens is 322 g/mol. The zero-order valence-corrected chi connectivity index (χ0v) is 15.0. The van der Waals surface area contributed by atoms with Gasteiger partial charge in [0, 0.05) is 39.3 Å². The fourth-order valence-electron chi connectivity index (χ4n) is 3.92. The van der Waals surface area contributed by atoms with Crippen molar-refractivity contribution in [2.75, 3.05) is 59.5 Å². The third-order valence-electron chi connectivity index (χ3n) is 5.23. The summed E-state index contributed by atoms with van der Waals surface area (Å²) in [5, 5.41) is 21.0. The zero-order chi connectivity index (χ0) is 17.6. The molecule has 140 valence electrons. The van der Waals surface area contributed by atoms with Crippen molar-refractivity contribution in [3.8, 4) is 0 Å². The van der Waals surface area contributed by atoms with Gasteiger partial charge in [-0.25, -0.2) is 0 Å². The normalized spacial score (nSPS) is 26.6. The van der Waals surface area contributed by atoms with Gasteiger partial charge in [-0.05, 0) is 50.0 Å². The molecule has 25 heavy (non-hydrogen) atoms. The smallest absolute Gasteiger partial charge is 0.246 e. The van der Waals surface area contributed by atoms with E-state index in [0.717, 1.165) is 45.7 Å². The van der Waals surface area contributed by atoms with Crippen LogP contribution in [0.1, 0.15) is 12.8 Å². The molecule has 3 rings (SSSR count). The van der Waals surface area contributed by atoms with Crippen LogP contribution in [0.25, 0.3) is 0 Å². The Kier molecular flexibility index (Phi) is 6.33. The fourth-order valence-corrected chi connectivity index (χ4v) is 3.92. The predicted molar refractivity (Wildman–Crippen MR) is 91.6 cm³/mol. The summed E-state index contributed by atoms with van der Waals surface area (Å²) < 4.78 is 0. The minimum atomic E-state index is -0.00301. The number of rotatable bonds is 5. The molecule has 2 aliphatic rings. The van der Waals surface area contributed by atoms with Crippen LogP contribution < -0.4 is 0 Å². The maximum atomic E-state index is 12.6. The van der Waals surface area contributed by atoms with E-state index in [9.17, 15) is 9.90 Å². The monoisotopic (exact) mass is 351 g/mol. The SMILES string of the molecule is CN1CCCN(C[C@H]2C[C@H](CO)CN(C(=O)Cn3ncnn3)C2)CC1. The summed E-state index contributed by atoms with van der Waals surface area (Å²) >= 11 is 0. The molecule has 1 amide bonds. The highest BCUT2D eigenvalue weighted by Gasteiger charge is 2.31. The van der Waals surface area contributed by atoms with Gasteiger partial charge in [0.1, 0.15) is 6.54 Å². The molecule has 2 aliphatic heterocycles. The van der Waals surface area contributed by atoms with Crippen LogP contribution in [0.3, 0.4) is 0 Å². The first-order valence-electron chi connectivity index (χ1n) is 9.14. The minimum Gasteiger partial charge on any atom is -0.396 e. The molecule has 2 saturated heterocycles. The van der Waals surface area contributed by atoms with Crippen LogP contribution >= 0.6 is 0 Å². The largest absolute Gasteiger partial charge is 0.396 e. The van der Waals surface area contributed by atoms with Crippen molar-refractivity contribution in [3.63, 3.8) is 0 Å². The highest BCUT2D eigenvalue weighted by Crippen LogP contribution is 2.23. The van der Waals surface area contributed by atoms with Crippen molar-refractivity contribution in [1.82, 2.24) is 34.9 Å².